The number of unbranched alkanes of at least 4 members (excludes halogenated alkanes) is 2. The van der Waals surface area contributed by atoms with Gasteiger partial charge in [0.25, 0.3) is 0 Å². The van der Waals surface area contributed by atoms with E-state index >= 15 is 0 Å². The zero-order valence-electron chi connectivity index (χ0n) is 9.85. The molecule has 0 aliphatic rings. The van der Waals surface area contributed by atoms with Gasteiger partial charge in [-0.1, -0.05) is 25.8 Å². The van der Waals surface area contributed by atoms with Gasteiger partial charge in [-0.25, -0.2) is 4.39 Å². The first kappa shape index (κ1) is 12.7. The summed E-state index contributed by atoms with van der Waals surface area (Å²) in [7, 11) is 0. The standard InChI is InChI=1S/C13H18FNO/c1-3-4-5-9-15-12-8-6-7-11(14)13(12)10(2)16/h6-8,15H,3-5,9H2,1-2H3. The smallest absolute Gasteiger partial charge is 0.164 e. The normalized spacial score (nSPS) is 10.2. The molecule has 0 bridgehead atoms. The highest BCUT2D eigenvalue weighted by molar-refractivity contribution is 5.99. The van der Waals surface area contributed by atoms with Crippen LogP contribution in [-0.2, 0) is 0 Å². The van der Waals surface area contributed by atoms with E-state index in [9.17, 15) is 9.18 Å². The van der Waals surface area contributed by atoms with Gasteiger partial charge in [-0.15, -0.1) is 0 Å². The molecule has 0 heterocycles. The predicted molar refractivity (Wildman–Crippen MR) is 64.4 cm³/mol. The maximum Gasteiger partial charge on any atom is 0.164 e. The monoisotopic (exact) mass is 223 g/mol. The first-order chi connectivity index (χ1) is 7.66. The molecule has 2 nitrogen and oxygen atoms in total. The van der Waals surface area contributed by atoms with Gasteiger partial charge in [-0.3, -0.25) is 4.79 Å². The largest absolute Gasteiger partial charge is 0.384 e. The molecule has 0 unspecified atom stereocenters. The second-order valence-electron chi connectivity index (χ2n) is 3.85. The molecular weight excluding hydrogens is 205 g/mol. The molecule has 0 aromatic heterocycles. The van der Waals surface area contributed by atoms with Crippen LogP contribution in [0.25, 0.3) is 0 Å². The maximum atomic E-state index is 13.4. The summed E-state index contributed by atoms with van der Waals surface area (Å²) in [6.45, 7) is 4.29. The Balaban J connectivity index is 2.71. The maximum absolute atomic E-state index is 13.4. The Kier molecular flexibility index (Phi) is 4.96. The van der Waals surface area contributed by atoms with Gasteiger partial charge in [0, 0.05) is 12.2 Å². The molecule has 0 atom stereocenters. The molecular formula is C13H18FNO. The van der Waals surface area contributed by atoms with E-state index < -0.39 is 5.82 Å². The average molecular weight is 223 g/mol. The van der Waals surface area contributed by atoms with Crippen molar-refractivity contribution in [3.8, 4) is 0 Å². The van der Waals surface area contributed by atoms with Crippen molar-refractivity contribution in [1.29, 1.82) is 0 Å². The van der Waals surface area contributed by atoms with Gasteiger partial charge < -0.3 is 5.32 Å². The van der Waals surface area contributed by atoms with E-state index in [1.54, 1.807) is 12.1 Å². The van der Waals surface area contributed by atoms with E-state index in [4.69, 9.17) is 0 Å². The topological polar surface area (TPSA) is 29.1 Å². The number of hydrogen-bond acceptors (Lipinski definition) is 2. The molecule has 1 aromatic rings. The summed E-state index contributed by atoms with van der Waals surface area (Å²) in [5.74, 6) is -0.691. The third-order valence-corrected chi connectivity index (χ3v) is 2.46. The van der Waals surface area contributed by atoms with Gasteiger partial charge in [0.15, 0.2) is 5.78 Å². The van der Waals surface area contributed by atoms with Crippen LogP contribution in [0.4, 0.5) is 10.1 Å². The number of carbonyl (C=O) groups is 1. The summed E-state index contributed by atoms with van der Waals surface area (Å²) < 4.78 is 13.4. The van der Waals surface area contributed by atoms with E-state index in [0.717, 1.165) is 25.8 Å². The summed E-state index contributed by atoms with van der Waals surface area (Å²) in [6, 6.07) is 4.67. The average Bonchev–Trinajstić information content (AvgIpc) is 2.24. The minimum atomic E-state index is -0.451. The van der Waals surface area contributed by atoms with E-state index in [1.807, 2.05) is 0 Å². The van der Waals surface area contributed by atoms with Crippen LogP contribution in [0.2, 0.25) is 0 Å². The number of ketones is 1. The second-order valence-corrected chi connectivity index (χ2v) is 3.85. The lowest BCUT2D eigenvalue weighted by Crippen LogP contribution is -2.08. The number of nitrogens with one attached hydrogen (secondary N) is 1. The highest BCUT2D eigenvalue weighted by atomic mass is 19.1. The minimum absolute atomic E-state index is 0.166. The molecule has 0 amide bonds. The number of rotatable bonds is 6. The predicted octanol–water partition coefficient (Wildman–Crippen LogP) is 3.63. The Morgan fingerprint density at radius 3 is 2.75 bits per heavy atom. The van der Waals surface area contributed by atoms with Crippen LogP contribution in [0.3, 0.4) is 0 Å². The number of Topliss-reactive ketones (excluding diaryl/α,β-unsaturated/α-hetero) is 1. The van der Waals surface area contributed by atoms with Gasteiger partial charge in [0.1, 0.15) is 5.82 Å². The summed E-state index contributed by atoms with van der Waals surface area (Å²) >= 11 is 0. The quantitative estimate of drug-likeness (QED) is 0.589. The molecule has 88 valence electrons. The Morgan fingerprint density at radius 1 is 1.38 bits per heavy atom. The molecule has 0 fully saturated rings. The number of benzene rings is 1. The van der Waals surface area contributed by atoms with Gasteiger partial charge in [-0.2, -0.15) is 0 Å². The van der Waals surface area contributed by atoms with E-state index in [0.29, 0.717) is 5.69 Å². The van der Waals surface area contributed by atoms with Crippen molar-refractivity contribution in [1.82, 2.24) is 0 Å². The first-order valence-corrected chi connectivity index (χ1v) is 5.70. The fourth-order valence-corrected chi connectivity index (χ4v) is 1.63. The molecule has 3 heteroatoms. The highest BCUT2D eigenvalue weighted by Gasteiger charge is 2.11. The van der Waals surface area contributed by atoms with Crippen LogP contribution in [0.5, 0.6) is 0 Å². The lowest BCUT2D eigenvalue weighted by molar-refractivity contribution is 0.101. The zero-order chi connectivity index (χ0) is 12.0. The zero-order valence-corrected chi connectivity index (χ0v) is 9.85. The molecule has 16 heavy (non-hydrogen) atoms. The fourth-order valence-electron chi connectivity index (χ4n) is 1.63. The van der Waals surface area contributed by atoms with Crippen LogP contribution < -0.4 is 5.32 Å². The van der Waals surface area contributed by atoms with Gasteiger partial charge in [0.05, 0.1) is 5.56 Å². The molecule has 0 aliphatic heterocycles. The molecule has 1 N–H and O–H groups in total. The third-order valence-electron chi connectivity index (χ3n) is 2.46. The molecule has 0 saturated carbocycles. The van der Waals surface area contributed by atoms with Crippen molar-refractivity contribution in [2.75, 3.05) is 11.9 Å². The van der Waals surface area contributed by atoms with Gasteiger partial charge in [-0.05, 0) is 25.5 Å². The lowest BCUT2D eigenvalue weighted by atomic mass is 10.1. The second kappa shape index (κ2) is 6.26. The van der Waals surface area contributed by atoms with E-state index in [2.05, 4.69) is 12.2 Å². The third kappa shape index (κ3) is 3.33. The van der Waals surface area contributed by atoms with Gasteiger partial charge in [0.2, 0.25) is 0 Å². The van der Waals surface area contributed by atoms with Crippen molar-refractivity contribution in [3.05, 3.63) is 29.6 Å². The minimum Gasteiger partial charge on any atom is -0.384 e. The number of hydrogen-bond donors (Lipinski definition) is 1. The number of carbonyl (C=O) groups excluding carboxylic acids is 1. The Hall–Kier alpha value is -1.38. The molecule has 1 aromatic carbocycles. The van der Waals surface area contributed by atoms with Crippen molar-refractivity contribution >= 4 is 11.5 Å². The molecule has 0 saturated heterocycles. The Labute approximate surface area is 95.9 Å². The SMILES string of the molecule is CCCCCNc1cccc(F)c1C(C)=O. The summed E-state index contributed by atoms with van der Waals surface area (Å²) in [5, 5.41) is 3.11. The molecule has 0 aliphatic carbocycles. The fraction of sp³-hybridized carbons (Fsp3) is 0.462. The summed E-state index contributed by atoms with van der Waals surface area (Å²) in [6.07, 6.45) is 3.31. The van der Waals surface area contributed by atoms with Crippen LogP contribution >= 0.6 is 0 Å². The number of anilines is 1. The van der Waals surface area contributed by atoms with Crippen LogP contribution in [0, 0.1) is 5.82 Å². The van der Waals surface area contributed by atoms with Crippen molar-refractivity contribution in [3.63, 3.8) is 0 Å². The Morgan fingerprint density at radius 2 is 2.12 bits per heavy atom. The number of halogens is 1. The van der Waals surface area contributed by atoms with Crippen LogP contribution in [0.15, 0.2) is 18.2 Å². The van der Waals surface area contributed by atoms with E-state index in [-0.39, 0.29) is 11.3 Å². The van der Waals surface area contributed by atoms with Gasteiger partial charge >= 0.3 is 0 Å². The summed E-state index contributed by atoms with van der Waals surface area (Å²) in [5.41, 5.74) is 0.766. The summed E-state index contributed by atoms with van der Waals surface area (Å²) in [4.78, 5) is 11.3. The van der Waals surface area contributed by atoms with Crippen LogP contribution in [0.1, 0.15) is 43.5 Å². The Bertz CT molecular complexity index is 363. The van der Waals surface area contributed by atoms with Crippen molar-refractivity contribution in [2.24, 2.45) is 0 Å². The first-order valence-electron chi connectivity index (χ1n) is 5.70. The van der Waals surface area contributed by atoms with Crippen LogP contribution in [-0.4, -0.2) is 12.3 Å². The van der Waals surface area contributed by atoms with Crippen molar-refractivity contribution < 1.29 is 9.18 Å². The lowest BCUT2D eigenvalue weighted by Gasteiger charge is -2.10. The van der Waals surface area contributed by atoms with Crippen molar-refractivity contribution in [2.45, 2.75) is 33.1 Å². The molecule has 0 radical (unpaired) electrons. The highest BCUT2D eigenvalue weighted by Crippen LogP contribution is 2.19. The van der Waals surface area contributed by atoms with E-state index in [1.165, 1.54) is 13.0 Å². The molecule has 0 spiro atoms. The molecule has 1 rings (SSSR count).